The summed E-state index contributed by atoms with van der Waals surface area (Å²) in [6.45, 7) is 0.546. The third kappa shape index (κ3) is 5.21. The van der Waals surface area contributed by atoms with E-state index in [1.807, 2.05) is 36.4 Å². The van der Waals surface area contributed by atoms with Crippen LogP contribution in [0.25, 0.3) is 0 Å². The molecular weight excluding hydrogens is 348 g/mol. The van der Waals surface area contributed by atoms with Crippen LogP contribution >= 0.6 is 0 Å². The van der Waals surface area contributed by atoms with E-state index in [1.54, 1.807) is 30.2 Å². The van der Waals surface area contributed by atoms with Gasteiger partial charge in [-0.1, -0.05) is 24.3 Å². The van der Waals surface area contributed by atoms with Gasteiger partial charge >= 0.3 is 0 Å². The standard InChI is InChI=1S/C20H22N2O5/c1-25-17-9-5-6-15(10-17)22-12-18(27-14-20(22)24)11-21-19(23)13-26-16-7-3-2-4-8-16/h2-10,18H,11-14H2,1H3,(H,21,23). The number of nitrogens with zero attached hydrogens (tertiary/aromatic N) is 1. The Balaban J connectivity index is 1.50. The normalized spacial score (nSPS) is 16.7. The highest BCUT2D eigenvalue weighted by Gasteiger charge is 2.28. The Kier molecular flexibility index (Phi) is 6.27. The van der Waals surface area contributed by atoms with Crippen LogP contribution in [-0.4, -0.2) is 51.3 Å². The first kappa shape index (κ1) is 18.7. The van der Waals surface area contributed by atoms with Crippen LogP contribution in [-0.2, 0) is 14.3 Å². The Morgan fingerprint density at radius 3 is 2.74 bits per heavy atom. The van der Waals surface area contributed by atoms with Gasteiger partial charge in [0.2, 0.25) is 0 Å². The van der Waals surface area contributed by atoms with Crippen molar-refractivity contribution in [3.05, 3.63) is 54.6 Å². The second-order valence-corrected chi connectivity index (χ2v) is 6.04. The number of rotatable bonds is 7. The Hall–Kier alpha value is -3.06. The van der Waals surface area contributed by atoms with Crippen molar-refractivity contribution in [2.24, 2.45) is 0 Å². The molecule has 1 atom stereocenters. The molecule has 2 aromatic carbocycles. The minimum Gasteiger partial charge on any atom is -0.497 e. The van der Waals surface area contributed by atoms with E-state index in [0.29, 0.717) is 24.6 Å². The molecule has 1 aliphatic heterocycles. The van der Waals surface area contributed by atoms with Crippen LogP contribution in [0, 0.1) is 0 Å². The molecule has 1 N–H and O–H groups in total. The van der Waals surface area contributed by atoms with Gasteiger partial charge in [-0.25, -0.2) is 0 Å². The van der Waals surface area contributed by atoms with Crippen molar-refractivity contribution < 1.29 is 23.8 Å². The number of hydrogen-bond acceptors (Lipinski definition) is 5. The summed E-state index contributed by atoms with van der Waals surface area (Å²) in [6.07, 6.45) is -0.297. The quantitative estimate of drug-likeness (QED) is 0.802. The molecule has 1 heterocycles. The molecule has 0 radical (unpaired) electrons. The van der Waals surface area contributed by atoms with E-state index in [1.165, 1.54) is 0 Å². The molecule has 7 heteroatoms. The Morgan fingerprint density at radius 2 is 1.96 bits per heavy atom. The smallest absolute Gasteiger partial charge is 0.258 e. The zero-order valence-electron chi connectivity index (χ0n) is 15.1. The van der Waals surface area contributed by atoms with Crippen molar-refractivity contribution >= 4 is 17.5 Å². The van der Waals surface area contributed by atoms with Gasteiger partial charge in [0.25, 0.3) is 11.8 Å². The van der Waals surface area contributed by atoms with Gasteiger partial charge in [0.1, 0.15) is 18.1 Å². The molecular formula is C20H22N2O5. The average Bonchev–Trinajstić information content (AvgIpc) is 2.72. The number of carbonyl (C=O) groups excluding carboxylic acids is 2. The number of ether oxygens (including phenoxy) is 3. The minimum absolute atomic E-state index is 0.0295. The van der Waals surface area contributed by atoms with Crippen molar-refractivity contribution in [1.29, 1.82) is 0 Å². The fraction of sp³-hybridized carbons (Fsp3) is 0.300. The predicted molar refractivity (Wildman–Crippen MR) is 100 cm³/mol. The molecule has 0 aromatic heterocycles. The summed E-state index contributed by atoms with van der Waals surface area (Å²) in [5.41, 5.74) is 0.742. The second-order valence-electron chi connectivity index (χ2n) is 6.04. The van der Waals surface area contributed by atoms with Crippen LogP contribution < -0.4 is 19.7 Å². The summed E-state index contributed by atoms with van der Waals surface area (Å²) < 4.78 is 16.2. The lowest BCUT2D eigenvalue weighted by atomic mass is 10.2. The van der Waals surface area contributed by atoms with Crippen molar-refractivity contribution in [3.8, 4) is 11.5 Å². The Labute approximate surface area is 157 Å². The van der Waals surface area contributed by atoms with E-state index < -0.39 is 0 Å². The van der Waals surface area contributed by atoms with Crippen LogP contribution in [0.1, 0.15) is 0 Å². The second kappa shape index (κ2) is 9.05. The first-order chi connectivity index (χ1) is 13.2. The highest BCUT2D eigenvalue weighted by atomic mass is 16.5. The minimum atomic E-state index is -0.297. The van der Waals surface area contributed by atoms with Gasteiger partial charge in [0.05, 0.1) is 19.8 Å². The number of carbonyl (C=O) groups is 2. The summed E-state index contributed by atoms with van der Waals surface area (Å²) >= 11 is 0. The van der Waals surface area contributed by atoms with Crippen molar-refractivity contribution in [1.82, 2.24) is 5.32 Å². The van der Waals surface area contributed by atoms with Crippen LogP contribution in [0.15, 0.2) is 54.6 Å². The number of anilines is 1. The van der Waals surface area contributed by atoms with E-state index in [9.17, 15) is 9.59 Å². The van der Waals surface area contributed by atoms with Gasteiger partial charge in [0.15, 0.2) is 6.61 Å². The third-order valence-corrected chi connectivity index (χ3v) is 4.13. The lowest BCUT2D eigenvalue weighted by Gasteiger charge is -2.33. The largest absolute Gasteiger partial charge is 0.497 e. The highest BCUT2D eigenvalue weighted by molar-refractivity contribution is 5.95. The van der Waals surface area contributed by atoms with Crippen LogP contribution in [0.2, 0.25) is 0 Å². The number of methoxy groups -OCH3 is 1. The maximum atomic E-state index is 12.2. The number of morpholine rings is 1. The fourth-order valence-corrected chi connectivity index (χ4v) is 2.72. The van der Waals surface area contributed by atoms with Crippen LogP contribution in [0.4, 0.5) is 5.69 Å². The molecule has 3 rings (SSSR count). The molecule has 7 nitrogen and oxygen atoms in total. The Morgan fingerprint density at radius 1 is 1.19 bits per heavy atom. The maximum absolute atomic E-state index is 12.2. The molecule has 1 saturated heterocycles. The monoisotopic (exact) mass is 370 g/mol. The molecule has 1 unspecified atom stereocenters. The lowest BCUT2D eigenvalue weighted by Crippen LogP contribution is -2.51. The van der Waals surface area contributed by atoms with E-state index in [-0.39, 0.29) is 31.1 Å². The van der Waals surface area contributed by atoms with Gasteiger partial charge in [-0.15, -0.1) is 0 Å². The molecule has 0 spiro atoms. The van der Waals surface area contributed by atoms with E-state index in [4.69, 9.17) is 14.2 Å². The van der Waals surface area contributed by atoms with Crippen molar-refractivity contribution in [2.45, 2.75) is 6.10 Å². The van der Waals surface area contributed by atoms with Crippen LogP contribution in [0.5, 0.6) is 11.5 Å². The third-order valence-electron chi connectivity index (χ3n) is 4.13. The molecule has 1 fully saturated rings. The number of para-hydroxylation sites is 1. The Bertz CT molecular complexity index is 781. The average molecular weight is 370 g/mol. The van der Waals surface area contributed by atoms with Crippen molar-refractivity contribution in [3.63, 3.8) is 0 Å². The molecule has 2 aromatic rings. The molecule has 27 heavy (non-hydrogen) atoms. The highest BCUT2D eigenvalue weighted by Crippen LogP contribution is 2.23. The van der Waals surface area contributed by atoms with Crippen molar-refractivity contribution in [2.75, 3.05) is 38.3 Å². The number of benzene rings is 2. The molecule has 1 aliphatic rings. The zero-order chi connectivity index (χ0) is 19.1. The summed E-state index contributed by atoms with van der Waals surface area (Å²) in [5.74, 6) is 0.941. The van der Waals surface area contributed by atoms with Gasteiger partial charge in [-0.05, 0) is 24.3 Å². The van der Waals surface area contributed by atoms with Gasteiger partial charge in [-0.3, -0.25) is 9.59 Å². The topological polar surface area (TPSA) is 77.1 Å². The zero-order valence-corrected chi connectivity index (χ0v) is 15.1. The van der Waals surface area contributed by atoms with Gasteiger partial charge in [0, 0.05) is 18.3 Å². The fourth-order valence-electron chi connectivity index (χ4n) is 2.72. The molecule has 2 amide bonds. The number of nitrogens with one attached hydrogen (secondary N) is 1. The van der Waals surface area contributed by atoms with Crippen LogP contribution in [0.3, 0.4) is 0 Å². The SMILES string of the molecule is COc1cccc(N2CC(CNC(=O)COc3ccccc3)OCC2=O)c1. The molecule has 0 bridgehead atoms. The summed E-state index contributed by atoms with van der Waals surface area (Å²) in [6, 6.07) is 16.4. The molecule has 0 saturated carbocycles. The summed E-state index contributed by atoms with van der Waals surface area (Å²) in [7, 11) is 1.58. The summed E-state index contributed by atoms with van der Waals surface area (Å²) in [5, 5.41) is 2.78. The number of hydrogen-bond donors (Lipinski definition) is 1. The lowest BCUT2D eigenvalue weighted by molar-refractivity contribution is -0.130. The number of amides is 2. The van der Waals surface area contributed by atoms with E-state index in [0.717, 1.165) is 5.69 Å². The van der Waals surface area contributed by atoms with Gasteiger partial charge < -0.3 is 24.4 Å². The van der Waals surface area contributed by atoms with E-state index >= 15 is 0 Å². The van der Waals surface area contributed by atoms with E-state index in [2.05, 4.69) is 5.32 Å². The first-order valence-electron chi connectivity index (χ1n) is 8.66. The van der Waals surface area contributed by atoms with Gasteiger partial charge in [-0.2, -0.15) is 0 Å². The predicted octanol–water partition coefficient (Wildman–Crippen LogP) is 1.62. The first-order valence-corrected chi connectivity index (χ1v) is 8.66. The summed E-state index contributed by atoms with van der Waals surface area (Å²) in [4.78, 5) is 25.8. The maximum Gasteiger partial charge on any atom is 0.258 e. The molecule has 142 valence electrons. The molecule has 0 aliphatic carbocycles.